The molecule has 3 aromatic carbocycles. The Kier molecular flexibility index (Phi) is 8.68. The summed E-state index contributed by atoms with van der Waals surface area (Å²) in [5.41, 5.74) is 2.70. The molecule has 4 atom stereocenters. The molecule has 1 fully saturated rings. The smallest absolute Gasteiger partial charge is 0.331 e. The van der Waals surface area contributed by atoms with Gasteiger partial charge in [-0.15, -0.1) is 0 Å². The van der Waals surface area contributed by atoms with Crippen LogP contribution in [0, 0.1) is 0 Å². The van der Waals surface area contributed by atoms with E-state index in [9.17, 15) is 9.67 Å². The molecule has 1 N–H and O–H groups in total. The number of hydrogen-bond acceptors (Lipinski definition) is 6. The van der Waals surface area contributed by atoms with Crippen molar-refractivity contribution in [3.63, 3.8) is 0 Å². The summed E-state index contributed by atoms with van der Waals surface area (Å²) in [4.78, 5) is 0. The van der Waals surface area contributed by atoms with E-state index in [2.05, 4.69) is 0 Å². The minimum absolute atomic E-state index is 0.144. The van der Waals surface area contributed by atoms with E-state index in [-0.39, 0.29) is 19.4 Å². The lowest BCUT2D eigenvalue weighted by Gasteiger charge is -2.23. The van der Waals surface area contributed by atoms with Crippen LogP contribution in [0.5, 0.6) is 0 Å². The predicted octanol–water partition coefficient (Wildman–Crippen LogP) is 5.87. The van der Waals surface area contributed by atoms with Gasteiger partial charge in [-0.05, 0) is 24.5 Å². The molecule has 2 unspecified atom stereocenters. The van der Waals surface area contributed by atoms with Crippen LogP contribution in [0.2, 0.25) is 0 Å². The fourth-order valence-electron chi connectivity index (χ4n) is 3.87. The van der Waals surface area contributed by atoms with E-state index in [1.165, 1.54) is 0 Å². The molecule has 4 rings (SSSR count). The van der Waals surface area contributed by atoms with Gasteiger partial charge in [-0.3, -0.25) is 4.57 Å². The molecule has 0 amide bonds. The van der Waals surface area contributed by atoms with E-state index >= 15 is 0 Å². The normalized spacial score (nSPS) is 21.4. The van der Waals surface area contributed by atoms with Crippen LogP contribution >= 0.6 is 7.60 Å². The molecule has 0 radical (unpaired) electrons. The van der Waals surface area contributed by atoms with Crippen molar-refractivity contribution < 1.29 is 28.2 Å². The van der Waals surface area contributed by atoms with Gasteiger partial charge in [0.25, 0.3) is 0 Å². The van der Waals surface area contributed by atoms with Gasteiger partial charge in [-0.25, -0.2) is 0 Å². The molecule has 0 bridgehead atoms. The van der Waals surface area contributed by atoms with E-state index < -0.39 is 32.2 Å². The molecule has 6 nitrogen and oxygen atoms in total. The van der Waals surface area contributed by atoms with Gasteiger partial charge >= 0.3 is 7.60 Å². The Balaban J connectivity index is 1.44. The van der Waals surface area contributed by atoms with Crippen molar-refractivity contribution in [2.75, 3.05) is 6.16 Å². The maximum absolute atomic E-state index is 13.7. The first kappa shape index (κ1) is 24.8. The summed E-state index contributed by atoms with van der Waals surface area (Å²) >= 11 is 0. The molecule has 1 saturated heterocycles. The van der Waals surface area contributed by atoms with E-state index in [1.54, 1.807) is 6.92 Å². The number of benzene rings is 3. The molecule has 0 aliphatic carbocycles. The Bertz CT molecular complexity index is 997. The van der Waals surface area contributed by atoms with Crippen molar-refractivity contribution in [2.24, 2.45) is 0 Å². The first-order valence-electron chi connectivity index (χ1n) is 11.5. The number of hydrogen-bond donors (Lipinski definition) is 1. The van der Waals surface area contributed by atoms with Crippen molar-refractivity contribution in [1.29, 1.82) is 0 Å². The summed E-state index contributed by atoms with van der Waals surface area (Å²) in [5.74, 6) is 0. The Morgan fingerprint density at radius 1 is 0.824 bits per heavy atom. The average molecular weight is 483 g/mol. The average Bonchev–Trinajstić information content (AvgIpc) is 3.32. The highest BCUT2D eigenvalue weighted by molar-refractivity contribution is 7.53. The van der Waals surface area contributed by atoms with Gasteiger partial charge in [-0.2, -0.15) is 0 Å². The summed E-state index contributed by atoms with van der Waals surface area (Å²) < 4.78 is 37.6. The minimum atomic E-state index is -3.47. The Morgan fingerprint density at radius 3 is 1.82 bits per heavy atom. The SMILES string of the molecule is CC(O)[C@@H]1OC(c2ccccc2)O[C@H]1CCP(=O)(OCc1ccccc1)OCc1ccccc1. The third-order valence-corrected chi connectivity index (χ3v) is 7.57. The molecule has 34 heavy (non-hydrogen) atoms. The summed E-state index contributed by atoms with van der Waals surface area (Å²) in [6, 6.07) is 28.8. The van der Waals surface area contributed by atoms with E-state index in [0.29, 0.717) is 6.42 Å². The Hall–Kier alpha value is -2.31. The molecule has 0 saturated carbocycles. The van der Waals surface area contributed by atoms with Gasteiger partial charge in [0.05, 0.1) is 31.6 Å². The first-order chi connectivity index (χ1) is 16.5. The minimum Gasteiger partial charge on any atom is -0.391 e. The van der Waals surface area contributed by atoms with E-state index in [4.69, 9.17) is 18.5 Å². The molecule has 1 aliphatic heterocycles. The van der Waals surface area contributed by atoms with Crippen molar-refractivity contribution >= 4 is 7.60 Å². The van der Waals surface area contributed by atoms with Crippen molar-refractivity contribution in [2.45, 2.75) is 51.2 Å². The molecule has 3 aromatic rings. The third kappa shape index (κ3) is 6.86. The predicted molar refractivity (Wildman–Crippen MR) is 130 cm³/mol. The molecule has 1 aliphatic rings. The van der Waals surface area contributed by atoms with Crippen LogP contribution in [0.1, 0.15) is 36.3 Å². The summed E-state index contributed by atoms with van der Waals surface area (Å²) in [7, 11) is -3.47. The van der Waals surface area contributed by atoms with Gasteiger partial charge in [0.1, 0.15) is 6.10 Å². The maximum atomic E-state index is 13.7. The Morgan fingerprint density at radius 2 is 1.32 bits per heavy atom. The lowest BCUT2D eigenvalue weighted by atomic mass is 10.1. The zero-order valence-electron chi connectivity index (χ0n) is 19.2. The highest BCUT2D eigenvalue weighted by Gasteiger charge is 2.41. The van der Waals surface area contributed by atoms with Gasteiger partial charge < -0.3 is 23.6 Å². The second-order valence-corrected chi connectivity index (χ2v) is 10.6. The first-order valence-corrected chi connectivity index (χ1v) is 13.3. The highest BCUT2D eigenvalue weighted by Crippen LogP contribution is 2.51. The van der Waals surface area contributed by atoms with Gasteiger partial charge in [0.15, 0.2) is 6.29 Å². The fraction of sp³-hybridized carbons (Fsp3) is 0.333. The summed E-state index contributed by atoms with van der Waals surface area (Å²) in [6.07, 6.45) is -1.80. The van der Waals surface area contributed by atoms with E-state index in [0.717, 1.165) is 16.7 Å². The van der Waals surface area contributed by atoms with Crippen molar-refractivity contribution in [3.8, 4) is 0 Å². The zero-order chi connectivity index (χ0) is 23.8. The van der Waals surface area contributed by atoms with Crippen LogP contribution in [-0.2, 0) is 36.3 Å². The van der Waals surface area contributed by atoms with Gasteiger partial charge in [0.2, 0.25) is 0 Å². The van der Waals surface area contributed by atoms with Crippen LogP contribution in [0.4, 0.5) is 0 Å². The maximum Gasteiger partial charge on any atom is 0.331 e. The second-order valence-electron chi connectivity index (χ2n) is 8.40. The van der Waals surface area contributed by atoms with Crippen LogP contribution < -0.4 is 0 Å². The quantitative estimate of drug-likeness (QED) is 0.345. The zero-order valence-corrected chi connectivity index (χ0v) is 20.1. The monoisotopic (exact) mass is 482 g/mol. The standard InChI is InChI=1S/C27H31O6P/c1-21(28)26-25(32-27(33-26)24-15-9-4-10-16-24)17-18-34(29,30-19-22-11-5-2-6-12-22)31-20-23-13-7-3-8-14-23/h2-16,21,25-28H,17-20H2,1H3/t21?,25-,26-,27?/m0/s1. The summed E-state index contributed by atoms with van der Waals surface area (Å²) in [6.45, 7) is 2.04. The molecule has 0 spiro atoms. The lowest BCUT2D eigenvalue weighted by molar-refractivity contribution is -0.0827. The fourth-order valence-corrected chi connectivity index (χ4v) is 5.46. The largest absolute Gasteiger partial charge is 0.391 e. The molecule has 7 heteroatoms. The van der Waals surface area contributed by atoms with Crippen LogP contribution in [0.25, 0.3) is 0 Å². The topological polar surface area (TPSA) is 74.2 Å². The van der Waals surface area contributed by atoms with Crippen LogP contribution in [0.15, 0.2) is 91.0 Å². The highest BCUT2D eigenvalue weighted by atomic mass is 31.2. The van der Waals surface area contributed by atoms with Gasteiger partial charge in [-0.1, -0.05) is 91.0 Å². The second kappa shape index (κ2) is 11.9. The molecule has 180 valence electrons. The molecular formula is C27H31O6P. The summed E-state index contributed by atoms with van der Waals surface area (Å²) in [5, 5.41) is 10.3. The number of aliphatic hydroxyl groups excluding tert-OH is 1. The molecule has 1 heterocycles. The lowest BCUT2D eigenvalue weighted by Crippen LogP contribution is -2.33. The molecule has 0 aromatic heterocycles. The van der Waals surface area contributed by atoms with Crippen LogP contribution in [-0.4, -0.2) is 29.6 Å². The van der Waals surface area contributed by atoms with Crippen LogP contribution in [0.3, 0.4) is 0 Å². The Labute approximate surface area is 201 Å². The van der Waals surface area contributed by atoms with E-state index in [1.807, 2.05) is 91.0 Å². The number of ether oxygens (including phenoxy) is 2. The van der Waals surface area contributed by atoms with Crippen molar-refractivity contribution in [1.82, 2.24) is 0 Å². The van der Waals surface area contributed by atoms with Gasteiger partial charge in [0, 0.05) is 5.56 Å². The number of rotatable bonds is 11. The molecular weight excluding hydrogens is 451 g/mol. The van der Waals surface area contributed by atoms with Crippen molar-refractivity contribution in [3.05, 3.63) is 108 Å². The third-order valence-electron chi connectivity index (χ3n) is 5.72. The number of aliphatic hydroxyl groups is 1.